The highest BCUT2D eigenvalue weighted by molar-refractivity contribution is 5.79. The quantitative estimate of drug-likeness (QED) is 0.400. The lowest BCUT2D eigenvalue weighted by Gasteiger charge is -2.34. The first-order chi connectivity index (χ1) is 14.1. The minimum absolute atomic E-state index is 0.206. The van der Waals surface area contributed by atoms with Gasteiger partial charge in [-0.25, -0.2) is 4.99 Å². The number of benzene rings is 1. The number of hydrogen-bond donors (Lipinski definition) is 2. The zero-order valence-corrected chi connectivity index (χ0v) is 18.2. The molecular formula is C23H37N5O. The van der Waals surface area contributed by atoms with E-state index in [1.54, 1.807) is 0 Å². The van der Waals surface area contributed by atoms with Crippen LogP contribution < -0.4 is 15.5 Å². The van der Waals surface area contributed by atoms with E-state index in [0.29, 0.717) is 12.5 Å². The second-order valence-electron chi connectivity index (χ2n) is 8.27. The van der Waals surface area contributed by atoms with Crippen LogP contribution in [0.3, 0.4) is 0 Å². The number of anilines is 1. The van der Waals surface area contributed by atoms with Gasteiger partial charge in [0.2, 0.25) is 0 Å². The number of guanidine groups is 1. The van der Waals surface area contributed by atoms with E-state index in [0.717, 1.165) is 58.4 Å². The van der Waals surface area contributed by atoms with E-state index >= 15 is 0 Å². The maximum absolute atomic E-state index is 5.96. The van der Waals surface area contributed by atoms with Gasteiger partial charge < -0.3 is 20.3 Å². The molecule has 160 valence electrons. The Kier molecular flexibility index (Phi) is 8.38. The van der Waals surface area contributed by atoms with Crippen molar-refractivity contribution in [1.82, 2.24) is 15.5 Å². The predicted molar refractivity (Wildman–Crippen MR) is 122 cm³/mol. The van der Waals surface area contributed by atoms with Crippen molar-refractivity contribution in [2.75, 3.05) is 57.3 Å². The molecule has 2 N–H and O–H groups in total. The Hall–Kier alpha value is -2.05. The molecule has 6 nitrogen and oxygen atoms in total. The van der Waals surface area contributed by atoms with Gasteiger partial charge in [-0.3, -0.25) is 4.90 Å². The Bertz CT molecular complexity index is 680. The van der Waals surface area contributed by atoms with Crippen molar-refractivity contribution in [2.24, 2.45) is 10.9 Å². The molecule has 1 unspecified atom stereocenters. The van der Waals surface area contributed by atoms with Crippen LogP contribution in [0.4, 0.5) is 5.69 Å². The Labute approximate surface area is 176 Å². The van der Waals surface area contributed by atoms with Crippen LogP contribution in [0.1, 0.15) is 26.3 Å². The van der Waals surface area contributed by atoms with Gasteiger partial charge in [0.05, 0.1) is 19.3 Å². The van der Waals surface area contributed by atoms with Gasteiger partial charge in [0.25, 0.3) is 0 Å². The normalized spacial score (nSPS) is 20.5. The third-order valence-electron chi connectivity index (χ3n) is 5.20. The standard InChI is InChI=1S/C23H37N5O/c1-4-24-23(26-16-22-18-27(12-13-29-22)17-19(2)3)25-15-20-8-7-9-21(14-20)28-10-5-6-11-28/h5-9,14,19,22H,4,10-13,15-18H2,1-3H3,(H2,24,25,26). The number of rotatable bonds is 8. The first kappa shape index (κ1) is 21.7. The second kappa shape index (κ2) is 11.2. The molecule has 29 heavy (non-hydrogen) atoms. The highest BCUT2D eigenvalue weighted by atomic mass is 16.5. The van der Waals surface area contributed by atoms with E-state index in [1.807, 2.05) is 0 Å². The van der Waals surface area contributed by atoms with Gasteiger partial charge in [0.1, 0.15) is 0 Å². The molecule has 0 aromatic heterocycles. The first-order valence-electron chi connectivity index (χ1n) is 11.0. The summed E-state index contributed by atoms with van der Waals surface area (Å²) in [5.74, 6) is 1.54. The van der Waals surface area contributed by atoms with Crippen LogP contribution in [0.25, 0.3) is 0 Å². The molecule has 0 saturated carbocycles. The smallest absolute Gasteiger partial charge is 0.191 e. The van der Waals surface area contributed by atoms with Gasteiger partial charge in [0, 0.05) is 51.5 Å². The molecule has 2 aliphatic rings. The van der Waals surface area contributed by atoms with Crippen LogP contribution in [0.5, 0.6) is 0 Å². The lowest BCUT2D eigenvalue weighted by molar-refractivity contribution is -0.0284. The van der Waals surface area contributed by atoms with E-state index < -0.39 is 0 Å². The number of nitrogens with one attached hydrogen (secondary N) is 2. The maximum Gasteiger partial charge on any atom is 0.191 e. The third-order valence-corrected chi connectivity index (χ3v) is 5.20. The van der Waals surface area contributed by atoms with Gasteiger partial charge in [-0.1, -0.05) is 38.1 Å². The van der Waals surface area contributed by atoms with Crippen LogP contribution in [0, 0.1) is 5.92 Å². The molecule has 0 amide bonds. The van der Waals surface area contributed by atoms with Crippen LogP contribution in [-0.2, 0) is 11.3 Å². The summed E-state index contributed by atoms with van der Waals surface area (Å²) in [4.78, 5) is 9.66. The third kappa shape index (κ3) is 7.05. The second-order valence-corrected chi connectivity index (χ2v) is 8.27. The van der Waals surface area contributed by atoms with Gasteiger partial charge in [-0.05, 0) is 30.5 Å². The fraction of sp³-hybridized carbons (Fsp3) is 0.609. The predicted octanol–water partition coefficient (Wildman–Crippen LogP) is 2.47. The molecule has 0 radical (unpaired) electrons. The van der Waals surface area contributed by atoms with Crippen LogP contribution in [0.2, 0.25) is 0 Å². The summed E-state index contributed by atoms with van der Waals surface area (Å²) in [6.45, 7) is 14.9. The molecule has 1 aromatic carbocycles. The summed E-state index contributed by atoms with van der Waals surface area (Å²) in [7, 11) is 0. The molecule has 0 spiro atoms. The molecule has 2 aliphatic heterocycles. The average molecular weight is 400 g/mol. The lowest BCUT2D eigenvalue weighted by Crippen LogP contribution is -2.50. The molecule has 1 atom stereocenters. The fourth-order valence-corrected chi connectivity index (χ4v) is 3.85. The Balaban J connectivity index is 1.52. The summed E-state index contributed by atoms with van der Waals surface area (Å²) in [5.41, 5.74) is 2.49. The molecular weight excluding hydrogens is 362 g/mol. The van der Waals surface area contributed by atoms with Gasteiger partial charge >= 0.3 is 0 Å². The van der Waals surface area contributed by atoms with Crippen molar-refractivity contribution in [2.45, 2.75) is 33.4 Å². The van der Waals surface area contributed by atoms with Crippen LogP contribution >= 0.6 is 0 Å². The maximum atomic E-state index is 5.96. The Morgan fingerprint density at radius 3 is 2.83 bits per heavy atom. The van der Waals surface area contributed by atoms with E-state index in [4.69, 9.17) is 9.73 Å². The van der Waals surface area contributed by atoms with Crippen molar-refractivity contribution in [1.29, 1.82) is 0 Å². The number of nitrogens with zero attached hydrogens (tertiary/aromatic N) is 3. The molecule has 3 rings (SSSR count). The lowest BCUT2D eigenvalue weighted by atomic mass is 10.2. The average Bonchev–Trinajstić information content (AvgIpc) is 3.25. The topological polar surface area (TPSA) is 52.1 Å². The van der Waals surface area contributed by atoms with Crippen molar-refractivity contribution in [3.63, 3.8) is 0 Å². The summed E-state index contributed by atoms with van der Waals surface area (Å²) < 4.78 is 5.96. The minimum Gasteiger partial charge on any atom is -0.374 e. The van der Waals surface area contributed by atoms with Crippen LogP contribution in [-0.4, -0.2) is 69.4 Å². The van der Waals surface area contributed by atoms with Gasteiger partial charge in [-0.2, -0.15) is 0 Å². The monoisotopic (exact) mass is 399 g/mol. The molecule has 0 bridgehead atoms. The van der Waals surface area contributed by atoms with E-state index in [-0.39, 0.29) is 6.10 Å². The summed E-state index contributed by atoms with van der Waals surface area (Å²) in [6, 6.07) is 8.69. The molecule has 1 aromatic rings. The van der Waals surface area contributed by atoms with Crippen molar-refractivity contribution in [3.8, 4) is 0 Å². The van der Waals surface area contributed by atoms with E-state index in [9.17, 15) is 0 Å². The van der Waals surface area contributed by atoms with Crippen LogP contribution in [0.15, 0.2) is 41.4 Å². The molecule has 1 saturated heterocycles. The molecule has 6 heteroatoms. The first-order valence-corrected chi connectivity index (χ1v) is 11.0. The number of hydrogen-bond acceptors (Lipinski definition) is 4. The van der Waals surface area contributed by atoms with Gasteiger partial charge in [0.15, 0.2) is 5.96 Å². The molecule has 2 heterocycles. The summed E-state index contributed by atoms with van der Waals surface area (Å²) in [5, 5.41) is 6.83. The Morgan fingerprint density at radius 2 is 2.07 bits per heavy atom. The summed E-state index contributed by atoms with van der Waals surface area (Å²) >= 11 is 0. The van der Waals surface area contributed by atoms with E-state index in [1.165, 1.54) is 11.3 Å². The molecule has 1 fully saturated rings. The fourth-order valence-electron chi connectivity index (χ4n) is 3.85. The number of ether oxygens (including phenoxy) is 1. The van der Waals surface area contributed by atoms with Gasteiger partial charge in [-0.15, -0.1) is 0 Å². The summed E-state index contributed by atoms with van der Waals surface area (Å²) in [6.07, 6.45) is 4.64. The highest BCUT2D eigenvalue weighted by Crippen LogP contribution is 2.19. The molecule has 0 aliphatic carbocycles. The minimum atomic E-state index is 0.206. The van der Waals surface area contributed by atoms with E-state index in [2.05, 4.69) is 77.6 Å². The Morgan fingerprint density at radius 1 is 1.24 bits per heavy atom. The SMILES string of the molecule is CCNC(=NCc1cccc(N2CC=CC2)c1)NCC1CN(CC(C)C)CCO1. The highest BCUT2D eigenvalue weighted by Gasteiger charge is 2.21. The zero-order chi connectivity index (χ0) is 20.5. The number of morpholine rings is 1. The van der Waals surface area contributed by atoms with Crippen molar-refractivity contribution in [3.05, 3.63) is 42.0 Å². The van der Waals surface area contributed by atoms with Crippen molar-refractivity contribution < 1.29 is 4.74 Å². The van der Waals surface area contributed by atoms with Crippen molar-refractivity contribution >= 4 is 11.6 Å². The zero-order valence-electron chi connectivity index (χ0n) is 18.2. The number of aliphatic imine (C=N–C) groups is 1. The largest absolute Gasteiger partial charge is 0.374 e.